The summed E-state index contributed by atoms with van der Waals surface area (Å²) in [5.74, 6) is 1.40. The van der Waals surface area contributed by atoms with E-state index in [-0.39, 0.29) is 11.9 Å². The molecule has 128 valence electrons. The van der Waals surface area contributed by atoms with Gasteiger partial charge in [0.25, 0.3) is 5.91 Å². The number of ether oxygens (including phenoxy) is 2. The fraction of sp³-hybridized carbons (Fsp3) is 0.316. The number of rotatable bonds is 7. The second kappa shape index (κ2) is 8.36. The number of methoxy groups -OCH3 is 2. The molecule has 2 aromatic carbocycles. The SMILES string of the molecule is COc1cccc(C[NH+](C)[C@H](C)C(=O)Nc2ccccc2)c1OC. The summed E-state index contributed by atoms with van der Waals surface area (Å²) in [4.78, 5) is 13.5. The van der Waals surface area contributed by atoms with Crippen molar-refractivity contribution in [1.82, 2.24) is 0 Å². The van der Waals surface area contributed by atoms with Crippen molar-refractivity contribution in [2.24, 2.45) is 0 Å². The zero-order valence-corrected chi connectivity index (χ0v) is 14.6. The molecule has 2 rings (SSSR count). The van der Waals surface area contributed by atoms with Crippen molar-refractivity contribution < 1.29 is 19.2 Å². The molecule has 5 heteroatoms. The lowest BCUT2D eigenvalue weighted by Crippen LogP contribution is -3.12. The molecular weight excluding hydrogens is 304 g/mol. The molecule has 1 unspecified atom stereocenters. The first kappa shape index (κ1) is 17.8. The third kappa shape index (κ3) is 4.26. The van der Waals surface area contributed by atoms with Gasteiger partial charge in [-0.3, -0.25) is 4.79 Å². The average molecular weight is 329 g/mol. The maximum absolute atomic E-state index is 12.4. The molecule has 0 spiro atoms. The van der Waals surface area contributed by atoms with Crippen molar-refractivity contribution in [3.8, 4) is 11.5 Å². The lowest BCUT2D eigenvalue weighted by Gasteiger charge is -2.22. The molecule has 0 saturated heterocycles. The Morgan fingerprint density at radius 2 is 1.79 bits per heavy atom. The van der Waals surface area contributed by atoms with E-state index in [1.54, 1.807) is 14.2 Å². The Morgan fingerprint density at radius 3 is 2.42 bits per heavy atom. The number of amides is 1. The number of carbonyl (C=O) groups excluding carboxylic acids is 1. The lowest BCUT2D eigenvalue weighted by molar-refractivity contribution is -0.907. The number of para-hydroxylation sites is 2. The van der Waals surface area contributed by atoms with Crippen molar-refractivity contribution in [2.75, 3.05) is 26.6 Å². The summed E-state index contributed by atoms with van der Waals surface area (Å²) in [5.41, 5.74) is 1.81. The van der Waals surface area contributed by atoms with Crippen LogP contribution >= 0.6 is 0 Å². The summed E-state index contributed by atoms with van der Waals surface area (Å²) in [6.07, 6.45) is 0. The van der Waals surface area contributed by atoms with Gasteiger partial charge in [-0.1, -0.05) is 24.3 Å². The zero-order chi connectivity index (χ0) is 17.5. The quantitative estimate of drug-likeness (QED) is 0.814. The fourth-order valence-corrected chi connectivity index (χ4v) is 2.54. The molecule has 0 bridgehead atoms. The fourth-order valence-electron chi connectivity index (χ4n) is 2.54. The van der Waals surface area contributed by atoms with E-state index in [0.29, 0.717) is 12.3 Å². The summed E-state index contributed by atoms with van der Waals surface area (Å²) in [5, 5.41) is 2.94. The number of quaternary nitrogens is 1. The van der Waals surface area contributed by atoms with Gasteiger partial charge in [-0.15, -0.1) is 0 Å². The number of likely N-dealkylation sites (N-methyl/N-ethyl adjacent to an activating group) is 1. The molecule has 0 aliphatic heterocycles. The molecule has 24 heavy (non-hydrogen) atoms. The van der Waals surface area contributed by atoms with E-state index in [4.69, 9.17) is 9.47 Å². The third-order valence-electron chi connectivity index (χ3n) is 4.13. The van der Waals surface area contributed by atoms with Gasteiger partial charge in [0.05, 0.1) is 26.8 Å². The molecule has 5 nitrogen and oxygen atoms in total. The number of hydrogen-bond donors (Lipinski definition) is 2. The van der Waals surface area contributed by atoms with Crippen LogP contribution in [0, 0.1) is 0 Å². The third-order valence-corrected chi connectivity index (χ3v) is 4.13. The molecule has 2 N–H and O–H groups in total. The Bertz CT molecular complexity index is 674. The van der Waals surface area contributed by atoms with Crippen LogP contribution in [0.1, 0.15) is 12.5 Å². The molecule has 0 fully saturated rings. The second-order valence-electron chi connectivity index (χ2n) is 5.75. The predicted molar refractivity (Wildman–Crippen MR) is 94.7 cm³/mol. The van der Waals surface area contributed by atoms with E-state index in [1.165, 1.54) is 0 Å². The van der Waals surface area contributed by atoms with Gasteiger partial charge < -0.3 is 19.7 Å². The Morgan fingerprint density at radius 1 is 1.08 bits per heavy atom. The molecule has 0 saturated carbocycles. The number of anilines is 1. The van der Waals surface area contributed by atoms with E-state index >= 15 is 0 Å². The van der Waals surface area contributed by atoms with Gasteiger partial charge in [0.15, 0.2) is 17.5 Å². The van der Waals surface area contributed by atoms with E-state index in [9.17, 15) is 4.79 Å². The number of carbonyl (C=O) groups is 1. The monoisotopic (exact) mass is 329 g/mol. The summed E-state index contributed by atoms with van der Waals surface area (Å²) < 4.78 is 10.8. The van der Waals surface area contributed by atoms with Crippen LogP contribution < -0.4 is 19.7 Å². The first-order chi connectivity index (χ1) is 11.6. The van der Waals surface area contributed by atoms with E-state index in [0.717, 1.165) is 21.9 Å². The van der Waals surface area contributed by atoms with Gasteiger partial charge >= 0.3 is 0 Å². The average Bonchev–Trinajstić information content (AvgIpc) is 2.61. The minimum absolute atomic E-state index is 0.0134. The lowest BCUT2D eigenvalue weighted by atomic mass is 10.1. The van der Waals surface area contributed by atoms with Crippen LogP contribution in [0.25, 0.3) is 0 Å². The number of nitrogens with one attached hydrogen (secondary N) is 2. The minimum Gasteiger partial charge on any atom is -0.493 e. The normalized spacial score (nSPS) is 13.0. The highest BCUT2D eigenvalue weighted by molar-refractivity contribution is 5.93. The van der Waals surface area contributed by atoms with Crippen LogP contribution in [0.5, 0.6) is 11.5 Å². The number of benzene rings is 2. The van der Waals surface area contributed by atoms with E-state index in [1.807, 2.05) is 62.5 Å². The standard InChI is InChI=1S/C19H24N2O3/c1-14(19(22)20-16-10-6-5-7-11-16)21(2)13-15-9-8-12-17(23-3)18(15)24-4/h5-12,14H,13H2,1-4H3,(H,20,22)/p+1/t14-/m1/s1. The first-order valence-corrected chi connectivity index (χ1v) is 7.95. The molecule has 0 aliphatic carbocycles. The molecule has 0 radical (unpaired) electrons. The summed E-state index contributed by atoms with van der Waals surface area (Å²) >= 11 is 0. The zero-order valence-electron chi connectivity index (χ0n) is 14.6. The van der Waals surface area contributed by atoms with Gasteiger partial charge in [-0.25, -0.2) is 0 Å². The highest BCUT2D eigenvalue weighted by atomic mass is 16.5. The second-order valence-corrected chi connectivity index (χ2v) is 5.75. The smallest absolute Gasteiger partial charge is 0.282 e. The summed E-state index contributed by atoms with van der Waals surface area (Å²) in [6, 6.07) is 15.1. The van der Waals surface area contributed by atoms with Crippen LogP contribution in [0.15, 0.2) is 48.5 Å². The molecule has 0 aliphatic rings. The molecular formula is C19H25N2O3+. The van der Waals surface area contributed by atoms with Crippen molar-refractivity contribution in [1.29, 1.82) is 0 Å². The molecule has 0 aromatic heterocycles. The highest BCUT2D eigenvalue weighted by Crippen LogP contribution is 2.30. The van der Waals surface area contributed by atoms with Gasteiger partial charge in [-0.05, 0) is 31.2 Å². The van der Waals surface area contributed by atoms with E-state index in [2.05, 4.69) is 5.32 Å². The number of hydrogen-bond acceptors (Lipinski definition) is 3. The predicted octanol–water partition coefficient (Wildman–Crippen LogP) is 1.75. The molecule has 0 heterocycles. The van der Waals surface area contributed by atoms with Crippen LogP contribution in [0.2, 0.25) is 0 Å². The van der Waals surface area contributed by atoms with Gasteiger partial charge in [0.1, 0.15) is 6.54 Å². The topological polar surface area (TPSA) is 52.0 Å². The van der Waals surface area contributed by atoms with Gasteiger partial charge in [0.2, 0.25) is 0 Å². The van der Waals surface area contributed by atoms with Crippen molar-refractivity contribution in [3.63, 3.8) is 0 Å². The van der Waals surface area contributed by atoms with Crippen molar-refractivity contribution >= 4 is 11.6 Å². The van der Waals surface area contributed by atoms with Gasteiger partial charge in [-0.2, -0.15) is 0 Å². The van der Waals surface area contributed by atoms with Crippen LogP contribution in [0.3, 0.4) is 0 Å². The van der Waals surface area contributed by atoms with Crippen molar-refractivity contribution in [2.45, 2.75) is 19.5 Å². The maximum atomic E-state index is 12.4. The van der Waals surface area contributed by atoms with Crippen LogP contribution in [-0.2, 0) is 11.3 Å². The summed E-state index contributed by atoms with van der Waals surface area (Å²) in [7, 11) is 5.24. The first-order valence-electron chi connectivity index (χ1n) is 7.95. The molecule has 2 atom stereocenters. The molecule has 2 aromatic rings. The Kier molecular flexibility index (Phi) is 6.21. The maximum Gasteiger partial charge on any atom is 0.282 e. The molecule has 1 amide bonds. The Labute approximate surface area is 143 Å². The van der Waals surface area contributed by atoms with Crippen LogP contribution in [-0.4, -0.2) is 33.2 Å². The largest absolute Gasteiger partial charge is 0.493 e. The Balaban J connectivity index is 2.06. The highest BCUT2D eigenvalue weighted by Gasteiger charge is 2.23. The van der Waals surface area contributed by atoms with Crippen LogP contribution in [0.4, 0.5) is 5.69 Å². The van der Waals surface area contributed by atoms with Crippen molar-refractivity contribution in [3.05, 3.63) is 54.1 Å². The van der Waals surface area contributed by atoms with Gasteiger partial charge in [0, 0.05) is 5.69 Å². The Hall–Kier alpha value is -2.53. The minimum atomic E-state index is -0.207. The summed E-state index contributed by atoms with van der Waals surface area (Å²) in [6.45, 7) is 2.57. The van der Waals surface area contributed by atoms with E-state index < -0.39 is 0 Å².